The van der Waals surface area contributed by atoms with E-state index in [4.69, 9.17) is 0 Å². The average molecular weight is 400 g/mol. The van der Waals surface area contributed by atoms with E-state index >= 15 is 0 Å². The molecule has 1 aromatic rings. The maximum absolute atomic E-state index is 12.6. The second-order valence-corrected chi connectivity index (χ2v) is 8.88. The number of nitrogens with zero attached hydrogens (tertiary/aromatic N) is 2. The molecule has 2 rings (SSSR count). The van der Waals surface area contributed by atoms with E-state index in [-0.39, 0.29) is 16.6 Å². The van der Waals surface area contributed by atoms with Gasteiger partial charge in [0.2, 0.25) is 10.0 Å². The van der Waals surface area contributed by atoms with Crippen LogP contribution in [0.1, 0.15) is 40.0 Å². The van der Waals surface area contributed by atoms with Crippen LogP contribution in [0.25, 0.3) is 0 Å². The van der Waals surface area contributed by atoms with E-state index in [1.807, 2.05) is 0 Å². The fourth-order valence-corrected chi connectivity index (χ4v) is 5.13. The first-order valence-corrected chi connectivity index (χ1v) is 11.2. The van der Waals surface area contributed by atoms with Gasteiger partial charge in [-0.15, -0.1) is 0 Å². The third-order valence-electron chi connectivity index (χ3n) is 5.16. The molecule has 0 spiro atoms. The molecule has 1 saturated heterocycles. The molecule has 9 heteroatoms. The smallest absolute Gasteiger partial charge is 0.293 e. The third-order valence-corrected chi connectivity index (χ3v) is 7.21. The van der Waals surface area contributed by atoms with Gasteiger partial charge in [0.25, 0.3) is 5.69 Å². The summed E-state index contributed by atoms with van der Waals surface area (Å²) in [5.41, 5.74) is 0.203. The number of rotatable bonds is 9. The highest BCUT2D eigenvalue weighted by atomic mass is 32.2. The fraction of sp³-hybridized carbons (Fsp3) is 0.667. The molecule has 152 valence electrons. The maximum Gasteiger partial charge on any atom is 0.293 e. The van der Waals surface area contributed by atoms with Crippen LogP contribution in [0.5, 0.6) is 0 Å². The summed E-state index contributed by atoms with van der Waals surface area (Å²) >= 11 is 0. The third kappa shape index (κ3) is 5.18. The molecule has 2 N–H and O–H groups in total. The Hall–Kier alpha value is -1.71. The molecular weight excluding hydrogens is 368 g/mol. The Bertz CT molecular complexity index is 742. The molecular formula is C18H31N4O4S+. The molecule has 0 amide bonds. The van der Waals surface area contributed by atoms with E-state index < -0.39 is 14.9 Å². The number of piperidine rings is 1. The van der Waals surface area contributed by atoms with Crippen molar-refractivity contribution < 1.29 is 18.2 Å². The highest BCUT2D eigenvalue weighted by Crippen LogP contribution is 2.30. The van der Waals surface area contributed by atoms with Crippen molar-refractivity contribution in [3.8, 4) is 0 Å². The first-order valence-electron chi connectivity index (χ1n) is 9.72. The minimum Gasteiger partial charge on any atom is -0.376 e. The van der Waals surface area contributed by atoms with Crippen LogP contribution in [-0.2, 0) is 10.0 Å². The standard InChI is InChI=1S/C18H30N4O4S/c1-4-11-20-12-9-15(10-13-20)19-17-8-7-16(14-18(17)22(23)24)27(25,26)21(5-2)6-3/h7-8,14-15,19H,4-6,9-13H2,1-3H3/p+1. The first kappa shape index (κ1) is 21.6. The van der Waals surface area contributed by atoms with Gasteiger partial charge in [0.15, 0.2) is 0 Å². The average Bonchev–Trinajstić information content (AvgIpc) is 2.64. The largest absolute Gasteiger partial charge is 0.376 e. The SMILES string of the molecule is CCC[NH+]1CCC(Nc2ccc(S(=O)(=O)N(CC)CC)cc2[N+](=O)[O-])CC1. The van der Waals surface area contributed by atoms with Crippen molar-refractivity contribution in [1.82, 2.24) is 4.31 Å². The Morgan fingerprint density at radius 2 is 1.85 bits per heavy atom. The van der Waals surface area contributed by atoms with Gasteiger partial charge >= 0.3 is 0 Å². The minimum absolute atomic E-state index is 0.0364. The van der Waals surface area contributed by atoms with E-state index in [1.54, 1.807) is 18.7 Å². The molecule has 0 saturated carbocycles. The summed E-state index contributed by atoms with van der Waals surface area (Å²) in [5.74, 6) is 0. The van der Waals surface area contributed by atoms with Gasteiger partial charge in [-0.05, 0) is 18.6 Å². The number of nitro groups is 1. The Morgan fingerprint density at radius 1 is 1.22 bits per heavy atom. The summed E-state index contributed by atoms with van der Waals surface area (Å²) in [6.45, 7) is 9.58. The predicted octanol–water partition coefficient (Wildman–Crippen LogP) is 1.49. The molecule has 1 heterocycles. The molecule has 0 unspecified atom stereocenters. The number of nitrogens with one attached hydrogen (secondary N) is 2. The summed E-state index contributed by atoms with van der Waals surface area (Å²) in [6.07, 6.45) is 3.05. The molecule has 0 bridgehead atoms. The van der Waals surface area contributed by atoms with E-state index in [1.165, 1.54) is 22.5 Å². The quantitative estimate of drug-likeness (QED) is 0.484. The number of hydrogen-bond acceptors (Lipinski definition) is 5. The summed E-state index contributed by atoms with van der Waals surface area (Å²) < 4.78 is 26.6. The van der Waals surface area contributed by atoms with Crippen LogP contribution in [-0.4, -0.2) is 56.4 Å². The van der Waals surface area contributed by atoms with Gasteiger partial charge in [0, 0.05) is 38.0 Å². The van der Waals surface area contributed by atoms with Gasteiger partial charge in [-0.1, -0.05) is 20.8 Å². The van der Waals surface area contributed by atoms with Gasteiger partial charge in [0.05, 0.1) is 29.5 Å². The zero-order valence-corrected chi connectivity index (χ0v) is 17.2. The highest BCUT2D eigenvalue weighted by molar-refractivity contribution is 7.89. The van der Waals surface area contributed by atoms with Crippen LogP contribution in [0, 0.1) is 10.1 Å². The monoisotopic (exact) mass is 399 g/mol. The Balaban J connectivity index is 2.20. The van der Waals surface area contributed by atoms with Crippen LogP contribution in [0.2, 0.25) is 0 Å². The molecule has 1 fully saturated rings. The molecule has 0 radical (unpaired) electrons. The van der Waals surface area contributed by atoms with Gasteiger partial charge < -0.3 is 10.2 Å². The van der Waals surface area contributed by atoms with Gasteiger partial charge in [-0.3, -0.25) is 10.1 Å². The lowest BCUT2D eigenvalue weighted by Crippen LogP contribution is -3.13. The Morgan fingerprint density at radius 3 is 2.37 bits per heavy atom. The van der Waals surface area contributed by atoms with Crippen LogP contribution in [0.4, 0.5) is 11.4 Å². The second-order valence-electron chi connectivity index (χ2n) is 6.94. The van der Waals surface area contributed by atoms with E-state index in [9.17, 15) is 18.5 Å². The molecule has 0 atom stereocenters. The Kier molecular flexibility index (Phi) is 7.58. The number of anilines is 1. The summed E-state index contributed by atoms with van der Waals surface area (Å²) in [5, 5.41) is 14.8. The zero-order valence-electron chi connectivity index (χ0n) is 16.4. The predicted molar refractivity (Wildman–Crippen MR) is 106 cm³/mol. The number of hydrogen-bond donors (Lipinski definition) is 2. The van der Waals surface area contributed by atoms with Crippen LogP contribution in [0.15, 0.2) is 23.1 Å². The maximum atomic E-state index is 12.6. The zero-order chi connectivity index (χ0) is 20.0. The summed E-state index contributed by atoms with van der Waals surface area (Å²) in [7, 11) is -3.72. The molecule has 27 heavy (non-hydrogen) atoms. The van der Waals surface area contributed by atoms with Gasteiger partial charge in [0.1, 0.15) is 5.69 Å². The number of sulfonamides is 1. The number of benzene rings is 1. The molecule has 1 aliphatic heterocycles. The van der Waals surface area contributed by atoms with E-state index in [0.717, 1.165) is 38.9 Å². The molecule has 0 aromatic heterocycles. The van der Waals surface area contributed by atoms with E-state index in [2.05, 4.69) is 12.2 Å². The van der Waals surface area contributed by atoms with Gasteiger partial charge in [-0.2, -0.15) is 4.31 Å². The summed E-state index contributed by atoms with van der Waals surface area (Å²) in [4.78, 5) is 12.6. The Labute approximate surface area is 161 Å². The molecule has 1 aliphatic rings. The van der Waals surface area contributed by atoms with Crippen molar-refractivity contribution >= 4 is 21.4 Å². The van der Waals surface area contributed by atoms with Crippen LogP contribution in [0.3, 0.4) is 0 Å². The number of quaternary nitrogens is 1. The molecule has 0 aliphatic carbocycles. The van der Waals surface area contributed by atoms with Crippen molar-refractivity contribution in [3.05, 3.63) is 28.3 Å². The fourth-order valence-electron chi connectivity index (χ4n) is 3.65. The number of nitro benzene ring substituents is 1. The summed E-state index contributed by atoms with van der Waals surface area (Å²) in [6, 6.07) is 4.34. The molecule has 8 nitrogen and oxygen atoms in total. The lowest BCUT2D eigenvalue weighted by Gasteiger charge is -2.30. The number of likely N-dealkylation sites (tertiary alicyclic amines) is 1. The van der Waals surface area contributed by atoms with Crippen molar-refractivity contribution in [1.29, 1.82) is 0 Å². The van der Waals surface area contributed by atoms with Crippen LogP contribution >= 0.6 is 0 Å². The van der Waals surface area contributed by atoms with Crippen molar-refractivity contribution in [3.63, 3.8) is 0 Å². The minimum atomic E-state index is -3.72. The lowest BCUT2D eigenvalue weighted by molar-refractivity contribution is -0.905. The lowest BCUT2D eigenvalue weighted by atomic mass is 10.0. The van der Waals surface area contributed by atoms with Gasteiger partial charge in [-0.25, -0.2) is 8.42 Å². The van der Waals surface area contributed by atoms with Crippen LogP contribution < -0.4 is 10.2 Å². The van der Waals surface area contributed by atoms with E-state index in [0.29, 0.717) is 18.8 Å². The normalized spacial score (nSPS) is 20.6. The van der Waals surface area contributed by atoms with Crippen molar-refractivity contribution in [2.24, 2.45) is 0 Å². The molecule has 1 aromatic carbocycles. The second kappa shape index (κ2) is 9.48. The first-order chi connectivity index (χ1) is 12.8. The highest BCUT2D eigenvalue weighted by Gasteiger charge is 2.28. The van der Waals surface area contributed by atoms with Crippen molar-refractivity contribution in [2.45, 2.75) is 51.0 Å². The topological polar surface area (TPSA) is 97.0 Å². The van der Waals surface area contributed by atoms with Crippen molar-refractivity contribution in [2.75, 3.05) is 38.0 Å².